The second-order valence-corrected chi connectivity index (χ2v) is 14.6. The topological polar surface area (TPSA) is 80.7 Å². The molecule has 1 aromatic carbocycles. The molecule has 2 aliphatic carbocycles. The first-order valence-corrected chi connectivity index (χ1v) is 15.4. The van der Waals surface area contributed by atoms with Crippen molar-refractivity contribution in [3.8, 4) is 5.75 Å². The number of ketones is 3. The Kier molecular flexibility index (Phi) is 8.47. The van der Waals surface area contributed by atoms with Gasteiger partial charge in [0.15, 0.2) is 17.3 Å². The number of hydrogen-bond donors (Lipinski definition) is 1. The van der Waals surface area contributed by atoms with Gasteiger partial charge in [0.05, 0.1) is 5.41 Å². The lowest BCUT2D eigenvalue weighted by atomic mass is 9.40. The van der Waals surface area contributed by atoms with Gasteiger partial charge in [-0.05, 0) is 110 Å². The Hall–Kier alpha value is -3.47. The molecule has 0 amide bonds. The minimum atomic E-state index is -1.44. The Morgan fingerprint density at radius 1 is 1.05 bits per heavy atom. The third kappa shape index (κ3) is 5.41. The molecule has 0 aromatic heterocycles. The van der Waals surface area contributed by atoms with Gasteiger partial charge in [0.25, 0.3) is 0 Å². The van der Waals surface area contributed by atoms with Crippen LogP contribution in [0.3, 0.4) is 0 Å². The summed E-state index contributed by atoms with van der Waals surface area (Å²) in [6.07, 6.45) is 10.1. The van der Waals surface area contributed by atoms with Gasteiger partial charge in [-0.1, -0.05) is 67.5 Å². The van der Waals surface area contributed by atoms with E-state index in [0.717, 1.165) is 11.1 Å². The van der Waals surface area contributed by atoms with Crippen LogP contribution in [0.15, 0.2) is 83.2 Å². The number of aromatic hydroxyl groups is 1. The van der Waals surface area contributed by atoms with Gasteiger partial charge in [-0.15, -0.1) is 0 Å². The van der Waals surface area contributed by atoms with E-state index in [-0.39, 0.29) is 46.7 Å². The normalized spacial score (nSPS) is 27.5. The summed E-state index contributed by atoms with van der Waals surface area (Å²) in [4.78, 5) is 44.8. The van der Waals surface area contributed by atoms with E-state index < -0.39 is 33.4 Å². The molecule has 4 rings (SSSR count). The minimum Gasteiger partial charge on any atom is -0.508 e. The molecule has 5 heteroatoms. The first kappa shape index (κ1) is 32.4. The fourth-order valence-corrected chi connectivity index (χ4v) is 7.29. The first-order chi connectivity index (χ1) is 19.9. The molecule has 1 spiro atoms. The van der Waals surface area contributed by atoms with Crippen LogP contribution < -0.4 is 0 Å². The van der Waals surface area contributed by atoms with Gasteiger partial charge in [-0.25, -0.2) is 0 Å². The second kappa shape index (κ2) is 11.2. The fraction of sp³-hybridized carbons (Fsp3) is 0.500. The number of fused-ring (bicyclic) bond motifs is 1. The summed E-state index contributed by atoms with van der Waals surface area (Å²) in [6.45, 7) is 22.3. The largest absolute Gasteiger partial charge is 0.508 e. The first-order valence-electron chi connectivity index (χ1n) is 15.4. The number of phenols is 1. The summed E-state index contributed by atoms with van der Waals surface area (Å²) < 4.78 is 6.59. The van der Waals surface area contributed by atoms with E-state index in [1.165, 1.54) is 17.7 Å². The van der Waals surface area contributed by atoms with E-state index in [9.17, 15) is 9.90 Å². The molecule has 1 N–H and O–H groups in total. The lowest BCUT2D eigenvalue weighted by Gasteiger charge is -2.62. The van der Waals surface area contributed by atoms with Crippen molar-refractivity contribution >= 4 is 17.3 Å². The Morgan fingerprint density at radius 2 is 1.70 bits per heavy atom. The molecule has 1 saturated carbocycles. The lowest BCUT2D eigenvalue weighted by Crippen LogP contribution is -2.67. The summed E-state index contributed by atoms with van der Waals surface area (Å²) >= 11 is 0. The van der Waals surface area contributed by atoms with Crippen LogP contribution in [0.25, 0.3) is 0 Å². The van der Waals surface area contributed by atoms with E-state index in [2.05, 4.69) is 46.4 Å². The number of rotatable bonds is 9. The highest BCUT2D eigenvalue weighted by molar-refractivity contribution is 6.35. The van der Waals surface area contributed by atoms with Gasteiger partial charge in [0, 0.05) is 5.56 Å². The highest BCUT2D eigenvalue weighted by Gasteiger charge is 2.73. The third-order valence-electron chi connectivity index (χ3n) is 10.0. The number of benzene rings is 1. The smallest absolute Gasteiger partial charge is 0.200 e. The van der Waals surface area contributed by atoms with Crippen LogP contribution in [-0.4, -0.2) is 28.1 Å². The molecular formula is C38H48O5. The fourth-order valence-electron chi connectivity index (χ4n) is 7.29. The molecule has 0 unspecified atom stereocenters. The lowest BCUT2D eigenvalue weighted by molar-refractivity contribution is -0.170. The molecule has 2 bridgehead atoms. The summed E-state index contributed by atoms with van der Waals surface area (Å²) in [5, 5.41) is 10.2. The van der Waals surface area contributed by atoms with Crippen molar-refractivity contribution in [1.82, 2.24) is 0 Å². The maximum Gasteiger partial charge on any atom is 0.200 e. The molecule has 1 heterocycles. The van der Waals surface area contributed by atoms with Crippen molar-refractivity contribution < 1.29 is 24.2 Å². The van der Waals surface area contributed by atoms with Crippen LogP contribution in [0.1, 0.15) is 98.4 Å². The van der Waals surface area contributed by atoms with Crippen LogP contribution in [0, 0.1) is 28.1 Å². The van der Waals surface area contributed by atoms with E-state index >= 15 is 9.59 Å². The molecular weight excluding hydrogens is 536 g/mol. The number of hydrogen-bond acceptors (Lipinski definition) is 5. The second-order valence-electron chi connectivity index (χ2n) is 14.6. The zero-order chi connectivity index (χ0) is 32.1. The van der Waals surface area contributed by atoms with E-state index in [1.807, 2.05) is 46.8 Å². The molecule has 1 aliphatic heterocycles. The molecule has 5 nitrogen and oxygen atoms in total. The number of carbonyl (C=O) groups is 3. The quantitative estimate of drug-likeness (QED) is 0.136. The van der Waals surface area contributed by atoms with Crippen LogP contribution in [0.2, 0.25) is 0 Å². The zero-order valence-electron chi connectivity index (χ0n) is 27.4. The number of carbonyl (C=O) groups excluding carboxylic acids is 3. The molecule has 230 valence electrons. The molecule has 0 saturated heterocycles. The van der Waals surface area contributed by atoms with Crippen molar-refractivity contribution in [3.05, 3.63) is 88.8 Å². The van der Waals surface area contributed by atoms with Crippen molar-refractivity contribution in [1.29, 1.82) is 0 Å². The monoisotopic (exact) mass is 584 g/mol. The van der Waals surface area contributed by atoms with Crippen LogP contribution in [0.5, 0.6) is 5.75 Å². The van der Waals surface area contributed by atoms with Crippen molar-refractivity contribution in [3.63, 3.8) is 0 Å². The van der Waals surface area contributed by atoms with Gasteiger partial charge in [0.2, 0.25) is 0 Å². The Balaban J connectivity index is 2.08. The SMILES string of the molecule is C=C(C)[C@@H](CC=C(C)C)C[C@@]12C[C@@H](CC=C(C)C)C(C)(C)[C@]3(C=CC(C)(C)OC3=C(C(=O)c3cccc(O)c3)C1=O)C2=O. The molecule has 43 heavy (non-hydrogen) atoms. The van der Waals surface area contributed by atoms with Crippen molar-refractivity contribution in [2.45, 2.75) is 93.6 Å². The summed E-state index contributed by atoms with van der Waals surface area (Å²) in [6, 6.07) is 6.03. The van der Waals surface area contributed by atoms with Crippen LogP contribution in [-0.2, 0) is 14.3 Å². The summed E-state index contributed by atoms with van der Waals surface area (Å²) in [5.74, 6) is -1.27. The number of allylic oxidation sites excluding steroid dienone is 7. The maximum atomic E-state index is 15.3. The number of ether oxygens (including phenoxy) is 1. The molecule has 1 aromatic rings. The zero-order valence-corrected chi connectivity index (χ0v) is 27.4. The van der Waals surface area contributed by atoms with Crippen LogP contribution >= 0.6 is 0 Å². The Morgan fingerprint density at radius 3 is 2.28 bits per heavy atom. The van der Waals surface area contributed by atoms with Crippen LogP contribution in [0.4, 0.5) is 0 Å². The van der Waals surface area contributed by atoms with E-state index in [1.54, 1.807) is 12.1 Å². The molecule has 3 aliphatic rings. The predicted octanol–water partition coefficient (Wildman–Crippen LogP) is 8.66. The average molecular weight is 585 g/mol. The van der Waals surface area contributed by atoms with Gasteiger partial charge in [0.1, 0.15) is 28.1 Å². The average Bonchev–Trinajstić information content (AvgIpc) is 2.90. The van der Waals surface area contributed by atoms with Gasteiger partial charge >= 0.3 is 0 Å². The molecule has 0 radical (unpaired) electrons. The van der Waals surface area contributed by atoms with E-state index in [0.29, 0.717) is 19.3 Å². The number of Topliss-reactive ketones (excluding diaryl/α,β-unsaturated/α-hetero) is 3. The summed E-state index contributed by atoms with van der Waals surface area (Å²) in [7, 11) is 0. The minimum absolute atomic E-state index is 0.0415. The van der Waals surface area contributed by atoms with Gasteiger partial charge in [-0.3, -0.25) is 14.4 Å². The standard InChI is InChI=1S/C38H48O5/c1-23(2)14-16-27(25(5)6)21-37-22-28(17-15-24(3)4)36(9,10)38(34(37)42)19-18-35(7,8)43-33(38)30(32(37)41)31(40)26-12-11-13-29(39)20-26/h11-15,18-20,27-28,39H,5,16-17,21-22H2,1-4,6-10H3/t27-,28+,37+,38-/m0/s1. The van der Waals surface area contributed by atoms with Crippen molar-refractivity contribution in [2.75, 3.05) is 0 Å². The van der Waals surface area contributed by atoms with E-state index in [4.69, 9.17) is 4.74 Å². The molecule has 4 atom stereocenters. The predicted molar refractivity (Wildman–Crippen MR) is 172 cm³/mol. The number of phenolic OH excluding ortho intramolecular Hbond substituents is 1. The molecule has 1 fully saturated rings. The maximum absolute atomic E-state index is 15.3. The Labute approximate surface area is 257 Å². The summed E-state index contributed by atoms with van der Waals surface area (Å²) in [5.41, 5.74) is -0.916. The van der Waals surface area contributed by atoms with Gasteiger partial charge in [-0.2, -0.15) is 0 Å². The highest BCUT2D eigenvalue weighted by Crippen LogP contribution is 2.68. The van der Waals surface area contributed by atoms with Gasteiger partial charge < -0.3 is 9.84 Å². The third-order valence-corrected chi connectivity index (χ3v) is 10.0. The Bertz CT molecular complexity index is 1490. The highest BCUT2D eigenvalue weighted by atomic mass is 16.5. The van der Waals surface area contributed by atoms with Crippen molar-refractivity contribution in [2.24, 2.45) is 28.1 Å².